The van der Waals surface area contributed by atoms with Crippen molar-refractivity contribution in [2.24, 2.45) is 0 Å². The van der Waals surface area contributed by atoms with Crippen LogP contribution in [0.15, 0.2) is 36.4 Å². The van der Waals surface area contributed by atoms with Crippen LogP contribution in [0.2, 0.25) is 10.0 Å². The monoisotopic (exact) mass is 325 g/mol. The lowest BCUT2D eigenvalue weighted by Gasteiger charge is -2.18. The average Bonchev–Trinajstić information content (AvgIpc) is 2.43. The van der Waals surface area contributed by atoms with Gasteiger partial charge in [0.25, 0.3) is 0 Å². The Morgan fingerprint density at radius 3 is 2.10 bits per heavy atom. The van der Waals surface area contributed by atoms with Gasteiger partial charge in [0.15, 0.2) is 0 Å². The van der Waals surface area contributed by atoms with E-state index in [1.165, 1.54) is 12.1 Å². The van der Waals surface area contributed by atoms with Crippen molar-refractivity contribution in [3.05, 3.63) is 69.0 Å². The number of rotatable bonds is 5. The standard InChI is InChI=1S/C17H18Cl2FN/c1-11-3-4-12(16(18)7-11)8-15(21-2)9-13-5-6-14(20)10-17(13)19/h3-7,10,15,21H,8-9H2,1-2H3. The van der Waals surface area contributed by atoms with Crippen LogP contribution in [-0.2, 0) is 12.8 Å². The quantitative estimate of drug-likeness (QED) is 0.831. The Kier molecular flexibility index (Phi) is 5.63. The predicted octanol–water partition coefficient (Wildman–Crippen LogP) is 4.81. The molecule has 0 saturated carbocycles. The number of benzene rings is 2. The van der Waals surface area contributed by atoms with Crippen LogP contribution in [0, 0.1) is 12.7 Å². The maximum Gasteiger partial charge on any atom is 0.124 e. The minimum Gasteiger partial charge on any atom is -0.316 e. The van der Waals surface area contributed by atoms with Crippen LogP contribution < -0.4 is 5.32 Å². The average molecular weight is 326 g/mol. The Bertz CT molecular complexity index is 575. The maximum absolute atomic E-state index is 13.1. The van der Waals surface area contributed by atoms with Gasteiger partial charge in [-0.2, -0.15) is 0 Å². The third kappa shape index (κ3) is 4.44. The third-order valence-electron chi connectivity index (χ3n) is 3.56. The summed E-state index contributed by atoms with van der Waals surface area (Å²) in [5.74, 6) is -0.314. The molecule has 1 N–H and O–H groups in total. The highest BCUT2D eigenvalue weighted by Gasteiger charge is 2.13. The molecule has 0 fully saturated rings. The van der Waals surface area contributed by atoms with Gasteiger partial charge in [0, 0.05) is 16.1 Å². The number of halogens is 3. The molecule has 2 aromatic rings. The maximum atomic E-state index is 13.1. The van der Waals surface area contributed by atoms with Gasteiger partial charge in [-0.3, -0.25) is 0 Å². The Morgan fingerprint density at radius 2 is 1.57 bits per heavy atom. The number of aryl methyl sites for hydroxylation is 1. The Hall–Kier alpha value is -1.09. The van der Waals surface area contributed by atoms with Gasteiger partial charge in [0.2, 0.25) is 0 Å². The highest BCUT2D eigenvalue weighted by Crippen LogP contribution is 2.22. The largest absolute Gasteiger partial charge is 0.316 e. The molecule has 2 aromatic carbocycles. The van der Waals surface area contributed by atoms with Crippen molar-refractivity contribution in [3.63, 3.8) is 0 Å². The van der Waals surface area contributed by atoms with E-state index >= 15 is 0 Å². The highest BCUT2D eigenvalue weighted by molar-refractivity contribution is 6.31. The summed E-state index contributed by atoms with van der Waals surface area (Å²) < 4.78 is 13.1. The normalized spacial score (nSPS) is 12.4. The molecule has 0 saturated heterocycles. The van der Waals surface area contributed by atoms with E-state index in [0.29, 0.717) is 5.02 Å². The van der Waals surface area contributed by atoms with E-state index in [2.05, 4.69) is 11.4 Å². The van der Waals surface area contributed by atoms with E-state index in [1.807, 2.05) is 26.1 Å². The SMILES string of the molecule is CNC(Cc1ccc(C)cc1Cl)Cc1ccc(F)cc1Cl. The summed E-state index contributed by atoms with van der Waals surface area (Å²) in [5, 5.41) is 4.51. The van der Waals surface area contributed by atoms with Crippen LogP contribution in [0.25, 0.3) is 0 Å². The zero-order valence-electron chi connectivity index (χ0n) is 12.1. The molecule has 2 rings (SSSR count). The van der Waals surface area contributed by atoms with Crippen LogP contribution in [-0.4, -0.2) is 13.1 Å². The molecule has 1 atom stereocenters. The molecule has 0 bridgehead atoms. The lowest BCUT2D eigenvalue weighted by molar-refractivity contribution is 0.555. The molecule has 4 heteroatoms. The molecule has 0 aliphatic heterocycles. The molecule has 0 aliphatic rings. The first-order chi connectivity index (χ1) is 9.99. The lowest BCUT2D eigenvalue weighted by Crippen LogP contribution is -2.30. The van der Waals surface area contributed by atoms with Crippen molar-refractivity contribution in [2.45, 2.75) is 25.8 Å². The minimum atomic E-state index is -0.314. The van der Waals surface area contributed by atoms with Crippen LogP contribution in [0.3, 0.4) is 0 Å². The molecule has 0 amide bonds. The fraction of sp³-hybridized carbons (Fsp3) is 0.294. The first-order valence-electron chi connectivity index (χ1n) is 6.86. The van der Waals surface area contributed by atoms with Crippen molar-refractivity contribution in [2.75, 3.05) is 7.05 Å². The van der Waals surface area contributed by atoms with Gasteiger partial charge in [-0.1, -0.05) is 41.4 Å². The first-order valence-corrected chi connectivity index (χ1v) is 7.61. The van der Waals surface area contributed by atoms with Crippen molar-refractivity contribution >= 4 is 23.2 Å². The molecule has 112 valence electrons. The van der Waals surface area contributed by atoms with Crippen LogP contribution >= 0.6 is 23.2 Å². The number of hydrogen-bond acceptors (Lipinski definition) is 1. The summed E-state index contributed by atoms with van der Waals surface area (Å²) in [6.45, 7) is 2.02. The minimum absolute atomic E-state index is 0.188. The van der Waals surface area contributed by atoms with Crippen molar-refractivity contribution in [1.82, 2.24) is 5.32 Å². The van der Waals surface area contributed by atoms with Gasteiger partial charge in [0.1, 0.15) is 5.82 Å². The molecule has 0 radical (unpaired) electrons. The summed E-state index contributed by atoms with van der Waals surface area (Å²) in [6, 6.07) is 10.8. The van der Waals surface area contributed by atoms with E-state index in [1.54, 1.807) is 6.07 Å². The second-order valence-electron chi connectivity index (χ2n) is 5.22. The van der Waals surface area contributed by atoms with Gasteiger partial charge in [0.05, 0.1) is 0 Å². The molecule has 21 heavy (non-hydrogen) atoms. The van der Waals surface area contributed by atoms with Gasteiger partial charge in [-0.25, -0.2) is 4.39 Å². The summed E-state index contributed by atoms with van der Waals surface area (Å²) in [7, 11) is 1.91. The van der Waals surface area contributed by atoms with E-state index in [-0.39, 0.29) is 11.9 Å². The summed E-state index contributed by atoms with van der Waals surface area (Å²) in [6.07, 6.45) is 1.52. The van der Waals surface area contributed by atoms with Crippen molar-refractivity contribution in [3.8, 4) is 0 Å². The van der Waals surface area contributed by atoms with E-state index < -0.39 is 0 Å². The second kappa shape index (κ2) is 7.26. The van der Waals surface area contributed by atoms with Gasteiger partial charge < -0.3 is 5.32 Å². The summed E-state index contributed by atoms with van der Waals surface area (Å²) in [5.41, 5.74) is 3.17. The molecule has 0 aliphatic carbocycles. The van der Waals surface area contributed by atoms with Gasteiger partial charge in [-0.15, -0.1) is 0 Å². The van der Waals surface area contributed by atoms with E-state index in [0.717, 1.165) is 34.6 Å². The highest BCUT2D eigenvalue weighted by atomic mass is 35.5. The van der Waals surface area contributed by atoms with Crippen LogP contribution in [0.1, 0.15) is 16.7 Å². The van der Waals surface area contributed by atoms with Gasteiger partial charge in [-0.05, 0) is 61.7 Å². The predicted molar refractivity (Wildman–Crippen MR) is 87.9 cm³/mol. The second-order valence-corrected chi connectivity index (χ2v) is 6.04. The smallest absolute Gasteiger partial charge is 0.124 e. The Labute approximate surface area is 135 Å². The first kappa shape index (κ1) is 16.3. The van der Waals surface area contributed by atoms with E-state index in [9.17, 15) is 4.39 Å². The van der Waals surface area contributed by atoms with E-state index in [4.69, 9.17) is 23.2 Å². The number of hydrogen-bond donors (Lipinski definition) is 1. The molecule has 0 heterocycles. The van der Waals surface area contributed by atoms with Crippen molar-refractivity contribution in [1.29, 1.82) is 0 Å². The fourth-order valence-electron chi connectivity index (χ4n) is 2.31. The number of likely N-dealkylation sites (N-methyl/N-ethyl adjacent to an activating group) is 1. The summed E-state index contributed by atoms with van der Waals surface area (Å²) >= 11 is 12.4. The molecule has 0 spiro atoms. The zero-order chi connectivity index (χ0) is 15.4. The molecule has 0 aromatic heterocycles. The Morgan fingerprint density at radius 1 is 1.00 bits per heavy atom. The summed E-state index contributed by atoms with van der Waals surface area (Å²) in [4.78, 5) is 0. The van der Waals surface area contributed by atoms with Crippen LogP contribution in [0.5, 0.6) is 0 Å². The molecular weight excluding hydrogens is 308 g/mol. The number of nitrogens with one attached hydrogen (secondary N) is 1. The molecule has 1 nitrogen and oxygen atoms in total. The third-order valence-corrected chi connectivity index (χ3v) is 4.27. The van der Waals surface area contributed by atoms with Crippen molar-refractivity contribution < 1.29 is 4.39 Å². The van der Waals surface area contributed by atoms with Crippen LogP contribution in [0.4, 0.5) is 4.39 Å². The Balaban J connectivity index is 2.13. The zero-order valence-corrected chi connectivity index (χ0v) is 13.6. The van der Waals surface area contributed by atoms with Gasteiger partial charge >= 0.3 is 0 Å². The topological polar surface area (TPSA) is 12.0 Å². The molecule has 1 unspecified atom stereocenters. The lowest BCUT2D eigenvalue weighted by atomic mass is 9.98. The fourth-order valence-corrected chi connectivity index (χ4v) is 2.87. The molecular formula is C17H18Cl2FN.